The quantitative estimate of drug-likeness (QED) is 0.577. The molecule has 0 radical (unpaired) electrons. The van der Waals surface area contributed by atoms with Gasteiger partial charge < -0.3 is 5.32 Å². The highest BCUT2D eigenvalue weighted by molar-refractivity contribution is 5.81. The number of benzene rings is 3. The maximum absolute atomic E-state index is 3.56. The van der Waals surface area contributed by atoms with Crippen molar-refractivity contribution in [2.45, 2.75) is 26.7 Å². The molecule has 0 unspecified atom stereocenters. The van der Waals surface area contributed by atoms with Crippen LogP contribution in [0.3, 0.4) is 0 Å². The Hall–Kier alpha value is -2.54. The van der Waals surface area contributed by atoms with E-state index in [2.05, 4.69) is 98.9 Å². The van der Waals surface area contributed by atoms with Crippen molar-refractivity contribution in [3.05, 3.63) is 83.9 Å². The van der Waals surface area contributed by atoms with Gasteiger partial charge in [-0.2, -0.15) is 0 Å². The average Bonchev–Trinajstić information content (AvgIpc) is 2.58. The number of nitrogens with one attached hydrogen (secondary N) is 1. The Morgan fingerprint density at radius 1 is 0.783 bits per heavy atom. The Balaban J connectivity index is 2.03. The van der Waals surface area contributed by atoms with Crippen molar-refractivity contribution in [1.82, 2.24) is 0 Å². The molecule has 3 rings (SSSR count). The van der Waals surface area contributed by atoms with Crippen molar-refractivity contribution in [2.75, 3.05) is 5.32 Å². The van der Waals surface area contributed by atoms with Crippen LogP contribution in [-0.2, 0) is 0 Å². The lowest BCUT2D eigenvalue weighted by Crippen LogP contribution is -1.96. The van der Waals surface area contributed by atoms with Gasteiger partial charge in [-0.3, -0.25) is 0 Å². The summed E-state index contributed by atoms with van der Waals surface area (Å²) in [5.41, 5.74) is 7.38. The molecule has 0 atom stereocenters. The molecule has 1 N–H and O–H groups in total. The van der Waals surface area contributed by atoms with Crippen LogP contribution in [0.5, 0.6) is 0 Å². The first-order valence-corrected chi connectivity index (χ1v) is 8.16. The molecule has 1 heteroatoms. The summed E-state index contributed by atoms with van der Waals surface area (Å²) in [5.74, 6) is 0.519. The van der Waals surface area contributed by atoms with Gasteiger partial charge in [0.15, 0.2) is 0 Å². The first kappa shape index (κ1) is 15.4. The number of anilines is 2. The normalized spacial score (nSPS) is 10.8. The second-order valence-corrected chi connectivity index (χ2v) is 6.32. The van der Waals surface area contributed by atoms with Crippen molar-refractivity contribution in [3.8, 4) is 11.1 Å². The summed E-state index contributed by atoms with van der Waals surface area (Å²) in [6.07, 6.45) is 0. The summed E-state index contributed by atoms with van der Waals surface area (Å²) in [4.78, 5) is 0. The van der Waals surface area contributed by atoms with Crippen LogP contribution < -0.4 is 5.32 Å². The number of rotatable bonds is 4. The van der Waals surface area contributed by atoms with E-state index in [-0.39, 0.29) is 0 Å². The Morgan fingerprint density at radius 2 is 1.48 bits per heavy atom. The molecule has 0 aromatic heterocycles. The molecule has 0 fully saturated rings. The second kappa shape index (κ2) is 6.70. The van der Waals surface area contributed by atoms with E-state index in [4.69, 9.17) is 0 Å². The molecular weight excluding hydrogens is 278 g/mol. The van der Waals surface area contributed by atoms with Crippen molar-refractivity contribution < 1.29 is 0 Å². The van der Waals surface area contributed by atoms with Crippen LogP contribution in [0.2, 0.25) is 0 Å². The van der Waals surface area contributed by atoms with Crippen LogP contribution in [0.1, 0.15) is 30.9 Å². The van der Waals surface area contributed by atoms with Crippen LogP contribution in [-0.4, -0.2) is 0 Å². The molecule has 0 saturated heterocycles. The van der Waals surface area contributed by atoms with Gasteiger partial charge in [-0.1, -0.05) is 67.9 Å². The van der Waals surface area contributed by atoms with E-state index in [1.54, 1.807) is 0 Å². The average molecular weight is 301 g/mol. The van der Waals surface area contributed by atoms with Crippen LogP contribution in [0.4, 0.5) is 11.4 Å². The fraction of sp³-hybridized carbons (Fsp3) is 0.182. The van der Waals surface area contributed by atoms with Gasteiger partial charge >= 0.3 is 0 Å². The van der Waals surface area contributed by atoms with E-state index in [0.29, 0.717) is 5.92 Å². The summed E-state index contributed by atoms with van der Waals surface area (Å²) >= 11 is 0. The largest absolute Gasteiger partial charge is 0.355 e. The maximum Gasteiger partial charge on any atom is 0.0464 e. The third-order valence-electron chi connectivity index (χ3n) is 4.13. The highest BCUT2D eigenvalue weighted by atomic mass is 14.9. The zero-order valence-electron chi connectivity index (χ0n) is 14.0. The summed E-state index contributed by atoms with van der Waals surface area (Å²) in [5, 5.41) is 3.56. The van der Waals surface area contributed by atoms with Crippen LogP contribution in [0.25, 0.3) is 11.1 Å². The van der Waals surface area contributed by atoms with E-state index in [9.17, 15) is 0 Å². The highest BCUT2D eigenvalue weighted by Gasteiger charge is 2.09. The van der Waals surface area contributed by atoms with Gasteiger partial charge in [0, 0.05) is 16.9 Å². The third kappa shape index (κ3) is 3.62. The maximum atomic E-state index is 3.56. The molecule has 1 nitrogen and oxygen atoms in total. The van der Waals surface area contributed by atoms with Gasteiger partial charge in [0.05, 0.1) is 0 Å². The molecule has 23 heavy (non-hydrogen) atoms. The first-order valence-electron chi connectivity index (χ1n) is 8.16. The SMILES string of the molecule is Cc1ccc(Nc2ccc(C(C)C)cc2-c2ccccc2)cc1. The van der Waals surface area contributed by atoms with E-state index in [1.807, 2.05) is 0 Å². The summed E-state index contributed by atoms with van der Waals surface area (Å²) in [7, 11) is 0. The topological polar surface area (TPSA) is 12.0 Å². The fourth-order valence-corrected chi connectivity index (χ4v) is 2.68. The summed E-state index contributed by atoms with van der Waals surface area (Å²) in [6.45, 7) is 6.57. The first-order chi connectivity index (χ1) is 11.1. The van der Waals surface area contributed by atoms with Crippen LogP contribution in [0.15, 0.2) is 72.8 Å². The molecule has 0 aliphatic carbocycles. The summed E-state index contributed by atoms with van der Waals surface area (Å²) in [6, 6.07) is 25.8. The Labute approximate surface area is 139 Å². The second-order valence-electron chi connectivity index (χ2n) is 6.32. The van der Waals surface area contributed by atoms with E-state index < -0.39 is 0 Å². The van der Waals surface area contributed by atoms with Gasteiger partial charge in [0.2, 0.25) is 0 Å². The molecule has 116 valence electrons. The third-order valence-corrected chi connectivity index (χ3v) is 4.13. The minimum atomic E-state index is 0.519. The zero-order chi connectivity index (χ0) is 16.2. The fourth-order valence-electron chi connectivity index (χ4n) is 2.68. The van der Waals surface area contributed by atoms with E-state index in [1.165, 1.54) is 22.3 Å². The molecule has 0 spiro atoms. The predicted octanol–water partition coefficient (Wildman–Crippen LogP) is 6.53. The lowest BCUT2D eigenvalue weighted by atomic mass is 9.95. The molecule has 0 bridgehead atoms. The van der Waals surface area contributed by atoms with E-state index in [0.717, 1.165) is 11.4 Å². The number of hydrogen-bond acceptors (Lipinski definition) is 1. The minimum absolute atomic E-state index is 0.519. The Kier molecular flexibility index (Phi) is 4.47. The van der Waals surface area contributed by atoms with Gasteiger partial charge in [-0.25, -0.2) is 0 Å². The van der Waals surface area contributed by atoms with Crippen LogP contribution in [0, 0.1) is 6.92 Å². The van der Waals surface area contributed by atoms with Gasteiger partial charge in [-0.15, -0.1) is 0 Å². The minimum Gasteiger partial charge on any atom is -0.355 e. The Bertz CT molecular complexity index is 771. The molecule has 0 amide bonds. The zero-order valence-corrected chi connectivity index (χ0v) is 14.0. The standard InChI is InChI=1S/C22H23N/c1-16(2)19-11-14-22(23-20-12-9-17(3)10-13-20)21(15-19)18-7-5-4-6-8-18/h4-16,23H,1-3H3. The predicted molar refractivity (Wildman–Crippen MR) is 100 cm³/mol. The molecule has 3 aromatic rings. The lowest BCUT2D eigenvalue weighted by molar-refractivity contribution is 0.867. The molecule has 0 saturated carbocycles. The molecule has 0 heterocycles. The smallest absolute Gasteiger partial charge is 0.0464 e. The van der Waals surface area contributed by atoms with Gasteiger partial charge in [0.1, 0.15) is 0 Å². The lowest BCUT2D eigenvalue weighted by Gasteiger charge is -2.16. The molecule has 0 aliphatic rings. The number of hydrogen-bond donors (Lipinski definition) is 1. The van der Waals surface area contributed by atoms with Crippen LogP contribution >= 0.6 is 0 Å². The van der Waals surface area contributed by atoms with Crippen molar-refractivity contribution in [1.29, 1.82) is 0 Å². The monoisotopic (exact) mass is 301 g/mol. The van der Waals surface area contributed by atoms with E-state index >= 15 is 0 Å². The molecule has 3 aromatic carbocycles. The van der Waals surface area contributed by atoms with Crippen molar-refractivity contribution in [3.63, 3.8) is 0 Å². The highest BCUT2D eigenvalue weighted by Crippen LogP contribution is 2.33. The molecule has 0 aliphatic heterocycles. The van der Waals surface area contributed by atoms with Gasteiger partial charge in [-0.05, 0) is 48.2 Å². The molecular formula is C22H23N. The Morgan fingerprint density at radius 3 is 2.13 bits per heavy atom. The summed E-state index contributed by atoms with van der Waals surface area (Å²) < 4.78 is 0. The van der Waals surface area contributed by atoms with Crippen molar-refractivity contribution in [2.24, 2.45) is 0 Å². The van der Waals surface area contributed by atoms with Gasteiger partial charge in [0.25, 0.3) is 0 Å². The van der Waals surface area contributed by atoms with Crippen molar-refractivity contribution >= 4 is 11.4 Å². The number of aryl methyl sites for hydroxylation is 1.